The Hall–Kier alpha value is -0.790. The molecule has 0 aromatic rings. The summed E-state index contributed by atoms with van der Waals surface area (Å²) in [7, 11) is 1.57. The van der Waals surface area contributed by atoms with E-state index in [2.05, 4.69) is 5.32 Å². The van der Waals surface area contributed by atoms with Gasteiger partial charge in [0.15, 0.2) is 0 Å². The molecule has 0 radical (unpaired) electrons. The van der Waals surface area contributed by atoms with E-state index in [0.29, 0.717) is 13.2 Å². The zero-order valence-corrected chi connectivity index (χ0v) is 12.3. The molecule has 1 aliphatic heterocycles. The van der Waals surface area contributed by atoms with Gasteiger partial charge in [0.05, 0.1) is 13.2 Å². The summed E-state index contributed by atoms with van der Waals surface area (Å²) < 4.78 is 9.90. The average molecular weight is 290 g/mol. The van der Waals surface area contributed by atoms with Gasteiger partial charge in [-0.15, -0.1) is 0 Å². The fourth-order valence-electron chi connectivity index (χ4n) is 1.71. The lowest BCUT2D eigenvalue weighted by molar-refractivity contribution is -0.137. The Morgan fingerprint density at radius 2 is 2.00 bits per heavy atom. The van der Waals surface area contributed by atoms with Crippen molar-refractivity contribution >= 4 is 23.6 Å². The van der Waals surface area contributed by atoms with E-state index in [1.165, 1.54) is 0 Å². The quantitative estimate of drug-likeness (QED) is 0.654. The zero-order valence-electron chi connectivity index (χ0n) is 11.5. The third-order valence-corrected chi connectivity index (χ3v) is 3.68. The second kappa shape index (κ2) is 9.17. The number of hydrogen-bond donors (Lipinski definition) is 1. The fourth-order valence-corrected chi connectivity index (χ4v) is 2.61. The van der Waals surface area contributed by atoms with Crippen LogP contribution in [0.4, 0.5) is 0 Å². The van der Waals surface area contributed by atoms with Crippen molar-refractivity contribution in [1.29, 1.82) is 0 Å². The van der Waals surface area contributed by atoms with Crippen molar-refractivity contribution in [2.45, 2.75) is 13.0 Å². The summed E-state index contributed by atoms with van der Waals surface area (Å²) >= 11 is 1.84. The van der Waals surface area contributed by atoms with E-state index in [0.717, 1.165) is 24.6 Å². The number of methoxy groups -OCH3 is 1. The van der Waals surface area contributed by atoms with E-state index in [1.54, 1.807) is 18.9 Å². The van der Waals surface area contributed by atoms with E-state index in [1.807, 2.05) is 11.8 Å². The van der Waals surface area contributed by atoms with Gasteiger partial charge in [-0.25, -0.2) is 0 Å². The van der Waals surface area contributed by atoms with Gasteiger partial charge in [-0.3, -0.25) is 9.59 Å². The molecular weight excluding hydrogens is 268 g/mol. The summed E-state index contributed by atoms with van der Waals surface area (Å²) in [6.07, 6.45) is 0. The van der Waals surface area contributed by atoms with Gasteiger partial charge in [-0.1, -0.05) is 0 Å². The molecule has 0 unspecified atom stereocenters. The molecule has 0 aromatic heterocycles. The molecule has 19 heavy (non-hydrogen) atoms. The lowest BCUT2D eigenvalue weighted by atomic mass is 10.2. The summed E-state index contributed by atoms with van der Waals surface area (Å²) in [6, 6.07) is -0.498. The number of nitrogens with one attached hydrogen (secondary N) is 1. The number of amides is 2. The number of ether oxygens (including phenoxy) is 2. The summed E-state index contributed by atoms with van der Waals surface area (Å²) in [5.74, 6) is 1.63. The number of thioether (sulfide) groups is 1. The smallest absolute Gasteiger partial charge is 0.246 e. The van der Waals surface area contributed by atoms with Crippen LogP contribution in [0.1, 0.15) is 6.92 Å². The Morgan fingerprint density at radius 3 is 2.63 bits per heavy atom. The van der Waals surface area contributed by atoms with E-state index >= 15 is 0 Å². The molecule has 1 heterocycles. The van der Waals surface area contributed by atoms with Crippen LogP contribution in [0.5, 0.6) is 0 Å². The van der Waals surface area contributed by atoms with Crippen LogP contribution in [0, 0.1) is 0 Å². The normalized spacial score (nSPS) is 17.1. The molecule has 2 amide bonds. The van der Waals surface area contributed by atoms with Crippen LogP contribution in [0.15, 0.2) is 0 Å². The summed E-state index contributed by atoms with van der Waals surface area (Å²) in [5, 5.41) is 2.65. The number of hydrogen-bond acceptors (Lipinski definition) is 5. The molecule has 110 valence electrons. The Balaban J connectivity index is 2.22. The first-order chi connectivity index (χ1) is 9.15. The third kappa shape index (κ3) is 6.26. The molecule has 0 aromatic carbocycles. The Bertz CT molecular complexity index is 295. The van der Waals surface area contributed by atoms with Crippen molar-refractivity contribution in [2.75, 3.05) is 51.5 Å². The van der Waals surface area contributed by atoms with Crippen LogP contribution in [0.3, 0.4) is 0 Å². The average Bonchev–Trinajstić information content (AvgIpc) is 2.43. The topological polar surface area (TPSA) is 67.9 Å². The van der Waals surface area contributed by atoms with E-state index in [4.69, 9.17) is 9.47 Å². The molecule has 1 N–H and O–H groups in total. The predicted molar refractivity (Wildman–Crippen MR) is 74.2 cm³/mol. The molecule has 0 bridgehead atoms. The summed E-state index contributed by atoms with van der Waals surface area (Å²) in [5.41, 5.74) is 0. The summed E-state index contributed by atoms with van der Waals surface area (Å²) in [4.78, 5) is 25.4. The molecule has 6 nitrogen and oxygen atoms in total. The zero-order chi connectivity index (χ0) is 14.1. The number of carbonyl (C=O) groups is 2. The van der Waals surface area contributed by atoms with Crippen LogP contribution in [-0.4, -0.2) is 74.3 Å². The van der Waals surface area contributed by atoms with Gasteiger partial charge in [0.1, 0.15) is 12.6 Å². The molecule has 1 aliphatic rings. The van der Waals surface area contributed by atoms with Crippen molar-refractivity contribution in [1.82, 2.24) is 10.2 Å². The molecule has 1 atom stereocenters. The van der Waals surface area contributed by atoms with E-state index < -0.39 is 6.04 Å². The maximum Gasteiger partial charge on any atom is 0.246 e. The fraction of sp³-hybridized carbons (Fsp3) is 0.833. The highest BCUT2D eigenvalue weighted by molar-refractivity contribution is 7.99. The highest BCUT2D eigenvalue weighted by atomic mass is 32.2. The molecule has 0 aliphatic carbocycles. The Morgan fingerprint density at radius 1 is 1.32 bits per heavy atom. The van der Waals surface area contributed by atoms with Gasteiger partial charge in [-0.2, -0.15) is 11.8 Å². The van der Waals surface area contributed by atoms with Crippen molar-refractivity contribution in [3.8, 4) is 0 Å². The number of nitrogens with zero attached hydrogens (tertiary/aromatic N) is 1. The highest BCUT2D eigenvalue weighted by Gasteiger charge is 2.23. The van der Waals surface area contributed by atoms with E-state index in [9.17, 15) is 9.59 Å². The first-order valence-corrected chi connectivity index (χ1v) is 7.53. The molecule has 7 heteroatoms. The maximum absolute atomic E-state index is 12.1. The van der Waals surface area contributed by atoms with Gasteiger partial charge in [0.25, 0.3) is 0 Å². The highest BCUT2D eigenvalue weighted by Crippen LogP contribution is 2.10. The van der Waals surface area contributed by atoms with Gasteiger partial charge < -0.3 is 19.7 Å². The maximum atomic E-state index is 12.1. The first-order valence-electron chi connectivity index (χ1n) is 6.37. The van der Waals surface area contributed by atoms with Gasteiger partial charge >= 0.3 is 0 Å². The van der Waals surface area contributed by atoms with Crippen LogP contribution in [-0.2, 0) is 19.1 Å². The standard InChI is InChI=1S/C12H22N2O4S/c1-10(12(16)14-3-7-19-8-4-14)13-11(15)9-18-6-5-17-2/h10H,3-9H2,1-2H3,(H,13,15)/t10-/m0/s1. The SMILES string of the molecule is COCCOCC(=O)N[C@@H](C)C(=O)N1CCSCC1. The number of rotatable bonds is 7. The monoisotopic (exact) mass is 290 g/mol. The first kappa shape index (κ1) is 16.3. The minimum atomic E-state index is -0.498. The predicted octanol–water partition coefficient (Wildman–Crippen LogP) is -0.270. The molecular formula is C12H22N2O4S. The molecule has 1 rings (SSSR count). The van der Waals surface area contributed by atoms with Crippen LogP contribution >= 0.6 is 11.8 Å². The number of carbonyl (C=O) groups excluding carboxylic acids is 2. The third-order valence-electron chi connectivity index (χ3n) is 2.74. The second-order valence-electron chi connectivity index (χ2n) is 4.27. The molecule has 1 fully saturated rings. The summed E-state index contributed by atoms with van der Waals surface area (Å²) in [6.45, 7) is 4.00. The van der Waals surface area contributed by atoms with Gasteiger partial charge in [0.2, 0.25) is 11.8 Å². The largest absolute Gasteiger partial charge is 0.382 e. The lowest BCUT2D eigenvalue weighted by Crippen LogP contribution is -2.50. The van der Waals surface area contributed by atoms with Crippen molar-refractivity contribution < 1.29 is 19.1 Å². The van der Waals surface area contributed by atoms with Crippen LogP contribution in [0.25, 0.3) is 0 Å². The van der Waals surface area contributed by atoms with Gasteiger partial charge in [0, 0.05) is 31.7 Å². The minimum absolute atomic E-state index is 0.0226. The van der Waals surface area contributed by atoms with Crippen molar-refractivity contribution in [3.05, 3.63) is 0 Å². The molecule has 0 spiro atoms. The second-order valence-corrected chi connectivity index (χ2v) is 5.50. The van der Waals surface area contributed by atoms with E-state index in [-0.39, 0.29) is 18.4 Å². The Labute approximate surface area is 118 Å². The Kier molecular flexibility index (Phi) is 7.85. The molecule has 1 saturated heterocycles. The minimum Gasteiger partial charge on any atom is -0.382 e. The van der Waals surface area contributed by atoms with Crippen molar-refractivity contribution in [3.63, 3.8) is 0 Å². The van der Waals surface area contributed by atoms with Crippen molar-refractivity contribution in [2.24, 2.45) is 0 Å². The molecule has 0 saturated carbocycles. The van der Waals surface area contributed by atoms with Crippen LogP contribution < -0.4 is 5.32 Å². The van der Waals surface area contributed by atoms with Gasteiger partial charge in [-0.05, 0) is 6.92 Å². The van der Waals surface area contributed by atoms with Crippen LogP contribution in [0.2, 0.25) is 0 Å². The lowest BCUT2D eigenvalue weighted by Gasteiger charge is -2.29.